The lowest BCUT2D eigenvalue weighted by Crippen LogP contribution is -2.29. The third kappa shape index (κ3) is 4.48. The Morgan fingerprint density at radius 2 is 1.73 bits per heavy atom. The van der Waals surface area contributed by atoms with Gasteiger partial charge in [0.15, 0.2) is 5.82 Å². The van der Waals surface area contributed by atoms with Crippen LogP contribution in [-0.4, -0.2) is 29.2 Å². The Kier molecular flexibility index (Phi) is 5.74. The van der Waals surface area contributed by atoms with E-state index in [-0.39, 0.29) is 0 Å². The third-order valence-electron chi connectivity index (χ3n) is 5.31. The summed E-state index contributed by atoms with van der Waals surface area (Å²) in [5.74, 6) is 0.316. The number of carbonyl (C=O) groups is 1. The average molecular weight is 406 g/mol. The predicted molar refractivity (Wildman–Crippen MR) is 121 cm³/mol. The molecule has 2 aromatic carbocycles. The second kappa shape index (κ2) is 8.77. The van der Waals surface area contributed by atoms with Gasteiger partial charge in [0.2, 0.25) is 0 Å². The van der Waals surface area contributed by atoms with E-state index in [4.69, 9.17) is 11.5 Å². The quantitative estimate of drug-likeness (QED) is 0.384. The Hall–Kier alpha value is -3.68. The SMILES string of the molecule is NC(=O)c1c(NCc2ccc(N)cc2)n[nH]c1Nc1ccc(N2CCCCC2)cc1. The summed E-state index contributed by atoms with van der Waals surface area (Å²) in [5.41, 5.74) is 15.4. The highest BCUT2D eigenvalue weighted by atomic mass is 16.1. The topological polar surface area (TPSA) is 125 Å². The van der Waals surface area contributed by atoms with Crippen LogP contribution in [0.15, 0.2) is 48.5 Å². The number of benzene rings is 2. The molecule has 156 valence electrons. The van der Waals surface area contributed by atoms with Crippen LogP contribution in [0.4, 0.5) is 28.7 Å². The maximum atomic E-state index is 12.1. The molecule has 1 fully saturated rings. The molecular formula is C22H27N7O. The molecule has 8 heteroatoms. The summed E-state index contributed by atoms with van der Waals surface area (Å²) >= 11 is 0. The minimum Gasteiger partial charge on any atom is -0.399 e. The molecule has 1 aliphatic heterocycles. The summed E-state index contributed by atoms with van der Waals surface area (Å²) in [7, 11) is 0. The van der Waals surface area contributed by atoms with E-state index in [9.17, 15) is 4.79 Å². The second-order valence-electron chi connectivity index (χ2n) is 7.50. The lowest BCUT2D eigenvalue weighted by molar-refractivity contribution is 0.100. The number of anilines is 5. The number of hydrogen-bond donors (Lipinski definition) is 5. The summed E-state index contributed by atoms with van der Waals surface area (Å²) in [5, 5.41) is 13.5. The van der Waals surface area contributed by atoms with Crippen LogP contribution in [0.2, 0.25) is 0 Å². The molecule has 2 heterocycles. The van der Waals surface area contributed by atoms with Crippen molar-refractivity contribution in [1.29, 1.82) is 0 Å². The van der Waals surface area contributed by atoms with Crippen LogP contribution in [0.5, 0.6) is 0 Å². The fourth-order valence-electron chi connectivity index (χ4n) is 3.67. The van der Waals surface area contributed by atoms with Gasteiger partial charge in [-0.2, -0.15) is 5.10 Å². The van der Waals surface area contributed by atoms with Gasteiger partial charge < -0.3 is 27.0 Å². The maximum absolute atomic E-state index is 12.1. The zero-order valence-electron chi connectivity index (χ0n) is 16.8. The highest BCUT2D eigenvalue weighted by Gasteiger charge is 2.19. The number of rotatable bonds is 7. The van der Waals surface area contributed by atoms with Gasteiger partial charge in [0, 0.05) is 36.7 Å². The largest absolute Gasteiger partial charge is 0.399 e. The molecule has 3 aromatic rings. The van der Waals surface area contributed by atoms with Crippen LogP contribution in [0, 0.1) is 0 Å². The van der Waals surface area contributed by atoms with Crippen molar-refractivity contribution >= 4 is 34.6 Å². The molecule has 0 saturated carbocycles. The van der Waals surface area contributed by atoms with Crippen molar-refractivity contribution in [2.24, 2.45) is 5.73 Å². The van der Waals surface area contributed by atoms with E-state index in [1.165, 1.54) is 24.9 Å². The lowest BCUT2D eigenvalue weighted by atomic mass is 10.1. The van der Waals surface area contributed by atoms with Crippen molar-refractivity contribution < 1.29 is 4.79 Å². The Morgan fingerprint density at radius 1 is 1.03 bits per heavy atom. The first-order valence-corrected chi connectivity index (χ1v) is 10.2. The lowest BCUT2D eigenvalue weighted by Gasteiger charge is -2.28. The van der Waals surface area contributed by atoms with Crippen LogP contribution in [0.25, 0.3) is 0 Å². The van der Waals surface area contributed by atoms with E-state index in [0.717, 1.165) is 24.3 Å². The molecule has 1 aliphatic rings. The number of amides is 1. The average Bonchev–Trinajstić information content (AvgIpc) is 3.17. The highest BCUT2D eigenvalue weighted by molar-refractivity contribution is 6.03. The summed E-state index contributed by atoms with van der Waals surface area (Å²) in [6.45, 7) is 2.69. The van der Waals surface area contributed by atoms with Gasteiger partial charge in [0.25, 0.3) is 5.91 Å². The zero-order valence-corrected chi connectivity index (χ0v) is 16.8. The number of primary amides is 1. The van der Waals surface area contributed by atoms with E-state index >= 15 is 0 Å². The molecule has 30 heavy (non-hydrogen) atoms. The molecule has 1 amide bonds. The van der Waals surface area contributed by atoms with E-state index in [1.54, 1.807) is 0 Å². The maximum Gasteiger partial charge on any atom is 0.256 e. The van der Waals surface area contributed by atoms with E-state index in [0.29, 0.717) is 29.4 Å². The van der Waals surface area contributed by atoms with Crippen LogP contribution in [0.3, 0.4) is 0 Å². The molecule has 0 atom stereocenters. The standard InChI is InChI=1S/C22H27N7O/c23-16-6-4-15(5-7-16)14-25-21-19(20(24)30)22(28-27-21)26-17-8-10-18(11-9-17)29-12-2-1-3-13-29/h4-11H,1-3,12-14,23H2,(H2,24,30)(H3,25,26,27,28). The number of nitrogen functional groups attached to an aromatic ring is 1. The minimum absolute atomic E-state index is 0.297. The first kappa shape index (κ1) is 19.6. The van der Waals surface area contributed by atoms with Crippen molar-refractivity contribution in [3.05, 3.63) is 59.7 Å². The number of H-pyrrole nitrogens is 1. The highest BCUT2D eigenvalue weighted by Crippen LogP contribution is 2.27. The van der Waals surface area contributed by atoms with Gasteiger partial charge in [0.05, 0.1) is 0 Å². The van der Waals surface area contributed by atoms with E-state index in [1.807, 2.05) is 36.4 Å². The van der Waals surface area contributed by atoms with Crippen molar-refractivity contribution in [2.75, 3.05) is 34.4 Å². The molecule has 7 N–H and O–H groups in total. The Labute approximate surface area is 175 Å². The number of nitrogens with one attached hydrogen (secondary N) is 3. The minimum atomic E-state index is -0.559. The fourth-order valence-corrected chi connectivity index (χ4v) is 3.67. The number of aromatic nitrogens is 2. The number of nitrogens with two attached hydrogens (primary N) is 2. The van der Waals surface area contributed by atoms with Gasteiger partial charge in [-0.1, -0.05) is 12.1 Å². The normalized spacial score (nSPS) is 13.8. The zero-order chi connectivity index (χ0) is 20.9. The summed E-state index contributed by atoms with van der Waals surface area (Å²) < 4.78 is 0. The molecule has 4 rings (SSSR count). The van der Waals surface area contributed by atoms with Gasteiger partial charge in [-0.15, -0.1) is 0 Å². The number of hydrogen-bond acceptors (Lipinski definition) is 6. The molecule has 0 bridgehead atoms. The summed E-state index contributed by atoms with van der Waals surface area (Å²) in [6.07, 6.45) is 3.78. The van der Waals surface area contributed by atoms with Crippen molar-refractivity contribution in [3.8, 4) is 0 Å². The number of nitrogens with zero attached hydrogens (tertiary/aromatic N) is 2. The van der Waals surface area contributed by atoms with Crippen molar-refractivity contribution in [3.63, 3.8) is 0 Å². The Morgan fingerprint density at radius 3 is 2.40 bits per heavy atom. The number of aromatic amines is 1. The first-order valence-electron chi connectivity index (χ1n) is 10.2. The second-order valence-corrected chi connectivity index (χ2v) is 7.50. The molecule has 1 saturated heterocycles. The number of piperidine rings is 1. The van der Waals surface area contributed by atoms with Crippen LogP contribution in [0.1, 0.15) is 35.2 Å². The molecule has 0 aliphatic carbocycles. The molecular weight excluding hydrogens is 378 g/mol. The number of carbonyl (C=O) groups excluding carboxylic acids is 1. The van der Waals surface area contributed by atoms with Crippen LogP contribution < -0.4 is 27.0 Å². The van der Waals surface area contributed by atoms with Crippen LogP contribution >= 0.6 is 0 Å². The third-order valence-corrected chi connectivity index (χ3v) is 5.31. The molecule has 8 nitrogen and oxygen atoms in total. The molecule has 0 radical (unpaired) electrons. The van der Waals surface area contributed by atoms with Gasteiger partial charge in [-0.25, -0.2) is 0 Å². The predicted octanol–water partition coefficient (Wildman–Crippen LogP) is 3.44. The van der Waals surface area contributed by atoms with Gasteiger partial charge in [-0.05, 0) is 61.2 Å². The van der Waals surface area contributed by atoms with Crippen LogP contribution in [-0.2, 0) is 6.54 Å². The van der Waals surface area contributed by atoms with Gasteiger partial charge in [0.1, 0.15) is 11.4 Å². The Balaban J connectivity index is 1.46. The smallest absolute Gasteiger partial charge is 0.256 e. The van der Waals surface area contributed by atoms with Crippen molar-refractivity contribution in [1.82, 2.24) is 10.2 Å². The monoisotopic (exact) mass is 405 g/mol. The fraction of sp³-hybridized carbons (Fsp3) is 0.273. The summed E-state index contributed by atoms with van der Waals surface area (Å²) in [6, 6.07) is 15.7. The molecule has 0 unspecified atom stereocenters. The molecule has 1 aromatic heterocycles. The van der Waals surface area contributed by atoms with E-state index in [2.05, 4.69) is 37.9 Å². The summed E-state index contributed by atoms with van der Waals surface area (Å²) in [4.78, 5) is 14.5. The van der Waals surface area contributed by atoms with E-state index < -0.39 is 5.91 Å². The van der Waals surface area contributed by atoms with Crippen molar-refractivity contribution in [2.45, 2.75) is 25.8 Å². The van der Waals surface area contributed by atoms with Gasteiger partial charge >= 0.3 is 0 Å². The van der Waals surface area contributed by atoms with Gasteiger partial charge in [-0.3, -0.25) is 9.89 Å². The first-order chi connectivity index (χ1) is 14.6. The molecule has 0 spiro atoms. The Bertz CT molecular complexity index is 989.